The molecule has 2 atom stereocenters. The molecule has 1 aromatic heterocycles. The molecule has 0 radical (unpaired) electrons. The van der Waals surface area contributed by atoms with Crippen molar-refractivity contribution >= 4 is 21.4 Å². The summed E-state index contributed by atoms with van der Waals surface area (Å²) in [4.78, 5) is 23.6. The van der Waals surface area contributed by atoms with Gasteiger partial charge in [-0.3, -0.25) is 14.8 Å². The van der Waals surface area contributed by atoms with Gasteiger partial charge in [-0.25, -0.2) is 13.2 Å². The molecular formula is C31H30N2O7S. The zero-order valence-corrected chi connectivity index (χ0v) is 23.2. The van der Waals surface area contributed by atoms with Crippen LogP contribution in [0, 0.1) is 16.0 Å². The lowest BCUT2D eigenvalue weighted by molar-refractivity contribution is -0.384. The van der Waals surface area contributed by atoms with E-state index < -0.39 is 26.5 Å². The van der Waals surface area contributed by atoms with Gasteiger partial charge < -0.3 is 9.52 Å². The number of nitro groups is 1. The van der Waals surface area contributed by atoms with Gasteiger partial charge in [-0.1, -0.05) is 49.4 Å². The summed E-state index contributed by atoms with van der Waals surface area (Å²) in [5.74, 6) is -0.152. The van der Waals surface area contributed by atoms with Gasteiger partial charge in [0.15, 0.2) is 0 Å². The molecule has 3 aromatic carbocycles. The third-order valence-corrected chi connectivity index (χ3v) is 8.86. The van der Waals surface area contributed by atoms with Crippen LogP contribution in [0.25, 0.3) is 0 Å². The van der Waals surface area contributed by atoms with Crippen LogP contribution in [-0.2, 0) is 16.4 Å². The van der Waals surface area contributed by atoms with E-state index in [0.717, 1.165) is 37.0 Å². The summed E-state index contributed by atoms with van der Waals surface area (Å²) in [5.41, 5.74) is 1.40. The van der Waals surface area contributed by atoms with Crippen LogP contribution in [0.1, 0.15) is 60.5 Å². The van der Waals surface area contributed by atoms with Gasteiger partial charge in [-0.05, 0) is 67.0 Å². The van der Waals surface area contributed by atoms with E-state index >= 15 is 0 Å². The lowest BCUT2D eigenvalue weighted by Crippen LogP contribution is -2.18. The molecule has 1 aliphatic rings. The van der Waals surface area contributed by atoms with Crippen LogP contribution >= 0.6 is 0 Å². The first kappa shape index (κ1) is 28.1. The van der Waals surface area contributed by atoms with E-state index in [-0.39, 0.29) is 39.4 Å². The first-order chi connectivity index (χ1) is 19.7. The predicted molar refractivity (Wildman–Crippen MR) is 155 cm³/mol. The molecule has 1 fully saturated rings. The highest BCUT2D eigenvalue weighted by Gasteiger charge is 2.38. The maximum Gasteiger partial charge on any atom is 0.343 e. The largest absolute Gasteiger partial charge is 0.507 e. The molecule has 2 unspecified atom stereocenters. The van der Waals surface area contributed by atoms with E-state index in [1.165, 1.54) is 12.1 Å². The van der Waals surface area contributed by atoms with Crippen molar-refractivity contribution in [1.82, 2.24) is 0 Å². The van der Waals surface area contributed by atoms with Gasteiger partial charge in [0.2, 0.25) is 0 Å². The molecule has 1 saturated carbocycles. The fraction of sp³-hybridized carbons (Fsp3) is 0.258. The lowest BCUT2D eigenvalue weighted by Gasteiger charge is -2.20. The number of nitrogens with zero attached hydrogens (tertiary/aromatic N) is 1. The Bertz CT molecular complexity index is 1710. The second-order valence-corrected chi connectivity index (χ2v) is 12.0. The van der Waals surface area contributed by atoms with E-state index in [9.17, 15) is 28.4 Å². The molecule has 10 heteroatoms. The fourth-order valence-corrected chi connectivity index (χ4v) is 6.25. The average molecular weight is 575 g/mol. The van der Waals surface area contributed by atoms with Gasteiger partial charge >= 0.3 is 5.63 Å². The molecule has 0 spiro atoms. The van der Waals surface area contributed by atoms with Crippen molar-refractivity contribution in [3.8, 4) is 5.75 Å². The predicted octanol–water partition coefficient (Wildman–Crippen LogP) is 6.33. The average Bonchev–Trinajstić information content (AvgIpc) is 3.79. The second kappa shape index (κ2) is 11.6. The van der Waals surface area contributed by atoms with Gasteiger partial charge in [0.05, 0.1) is 15.4 Å². The minimum atomic E-state index is -4.03. The summed E-state index contributed by atoms with van der Waals surface area (Å²) < 4.78 is 34.3. The molecule has 212 valence electrons. The van der Waals surface area contributed by atoms with Crippen molar-refractivity contribution in [1.29, 1.82) is 0 Å². The number of non-ortho nitro benzene ring substituents is 1. The Kier molecular flexibility index (Phi) is 7.94. The molecular weight excluding hydrogens is 544 g/mol. The third-order valence-electron chi connectivity index (χ3n) is 7.47. The number of rotatable bonds is 11. The number of nitro benzene ring substituents is 1. The van der Waals surface area contributed by atoms with Crippen LogP contribution in [0.3, 0.4) is 0 Å². The Morgan fingerprint density at radius 3 is 2.34 bits per heavy atom. The summed E-state index contributed by atoms with van der Waals surface area (Å²) in [6.07, 6.45) is 3.10. The SMILES string of the molecule is CCC(Cc1ccccc1)c1cc(O)c(C(c2cccc(NS(=O)(=O)c3ccc([N+](=O)[O-])cc3)c2)C2CC2)c(=O)o1. The molecule has 0 saturated heterocycles. The molecule has 4 aromatic rings. The van der Waals surface area contributed by atoms with E-state index in [0.29, 0.717) is 17.7 Å². The monoisotopic (exact) mass is 574 g/mol. The van der Waals surface area contributed by atoms with Crippen molar-refractivity contribution in [2.24, 2.45) is 5.92 Å². The smallest absolute Gasteiger partial charge is 0.343 e. The van der Waals surface area contributed by atoms with Crippen molar-refractivity contribution < 1.29 is 22.9 Å². The Morgan fingerprint density at radius 1 is 1.02 bits per heavy atom. The summed E-state index contributed by atoms with van der Waals surface area (Å²) >= 11 is 0. The van der Waals surface area contributed by atoms with Crippen molar-refractivity contribution in [2.75, 3.05) is 4.72 Å². The first-order valence-corrected chi connectivity index (χ1v) is 14.9. The molecule has 1 heterocycles. The Labute approximate surface area is 237 Å². The second-order valence-electron chi connectivity index (χ2n) is 10.3. The standard InChI is InChI=1S/C31H30N2O7S/c1-2-21(17-20-7-4-3-5-8-20)28-19-27(34)30(31(35)40-28)29(22-11-12-22)23-9-6-10-24(18-23)32-41(38,39)26-15-13-25(14-16-26)33(36)37/h3-10,13-16,18-19,21-22,29,32,34H,2,11-12,17H2,1H3. The first-order valence-electron chi connectivity index (χ1n) is 13.4. The van der Waals surface area contributed by atoms with Gasteiger partial charge in [-0.15, -0.1) is 0 Å². The molecule has 0 aliphatic heterocycles. The Balaban J connectivity index is 1.43. The topological polar surface area (TPSA) is 140 Å². The number of benzene rings is 3. The van der Waals surface area contributed by atoms with Crippen molar-refractivity contribution in [2.45, 2.75) is 49.3 Å². The van der Waals surface area contributed by atoms with Crippen LogP contribution in [0.2, 0.25) is 0 Å². The van der Waals surface area contributed by atoms with Crippen molar-refractivity contribution in [3.05, 3.63) is 128 Å². The number of aromatic hydroxyl groups is 1. The summed E-state index contributed by atoms with van der Waals surface area (Å²) in [6.45, 7) is 2.01. The number of sulfonamides is 1. The molecule has 0 bridgehead atoms. The molecule has 5 rings (SSSR count). The van der Waals surface area contributed by atoms with Gasteiger partial charge in [-0.2, -0.15) is 0 Å². The van der Waals surface area contributed by atoms with Crippen LogP contribution in [0.5, 0.6) is 5.75 Å². The molecule has 1 aliphatic carbocycles. The summed E-state index contributed by atoms with van der Waals surface area (Å²) in [6, 6.07) is 22.7. The van der Waals surface area contributed by atoms with Crippen LogP contribution in [-0.4, -0.2) is 18.4 Å². The molecule has 9 nitrogen and oxygen atoms in total. The highest BCUT2D eigenvalue weighted by Crippen LogP contribution is 2.48. The van der Waals surface area contributed by atoms with Gasteiger partial charge in [0.1, 0.15) is 11.5 Å². The minimum Gasteiger partial charge on any atom is -0.507 e. The van der Waals surface area contributed by atoms with Crippen LogP contribution in [0.15, 0.2) is 99.0 Å². The molecule has 2 N–H and O–H groups in total. The van der Waals surface area contributed by atoms with E-state index in [4.69, 9.17) is 4.42 Å². The molecule has 41 heavy (non-hydrogen) atoms. The quantitative estimate of drug-likeness (QED) is 0.157. The fourth-order valence-electron chi connectivity index (χ4n) is 5.20. The Hall–Kier alpha value is -4.44. The van der Waals surface area contributed by atoms with E-state index in [1.807, 2.05) is 37.3 Å². The minimum absolute atomic E-state index is 0.0819. The van der Waals surface area contributed by atoms with E-state index in [1.54, 1.807) is 30.3 Å². The zero-order chi connectivity index (χ0) is 29.1. The highest BCUT2D eigenvalue weighted by molar-refractivity contribution is 7.92. The third kappa shape index (κ3) is 6.33. The number of hydrogen-bond donors (Lipinski definition) is 2. The lowest BCUT2D eigenvalue weighted by atomic mass is 9.86. The van der Waals surface area contributed by atoms with Crippen LogP contribution in [0.4, 0.5) is 11.4 Å². The van der Waals surface area contributed by atoms with E-state index in [2.05, 4.69) is 4.72 Å². The van der Waals surface area contributed by atoms with Gasteiger partial charge in [0, 0.05) is 35.7 Å². The normalized spacial score (nSPS) is 14.8. The summed E-state index contributed by atoms with van der Waals surface area (Å²) in [7, 11) is -4.03. The number of nitrogens with one attached hydrogen (secondary N) is 1. The maximum atomic E-state index is 13.4. The van der Waals surface area contributed by atoms with Crippen molar-refractivity contribution in [3.63, 3.8) is 0 Å². The highest BCUT2D eigenvalue weighted by atomic mass is 32.2. The Morgan fingerprint density at radius 2 is 1.73 bits per heavy atom. The number of hydrogen-bond acceptors (Lipinski definition) is 7. The molecule has 0 amide bonds. The van der Waals surface area contributed by atoms with Gasteiger partial charge in [0.25, 0.3) is 15.7 Å². The summed E-state index contributed by atoms with van der Waals surface area (Å²) in [5, 5.41) is 22.1. The number of anilines is 1. The zero-order valence-electron chi connectivity index (χ0n) is 22.4. The maximum absolute atomic E-state index is 13.4. The van der Waals surface area contributed by atoms with Crippen LogP contribution < -0.4 is 10.3 Å².